The molecule has 0 saturated heterocycles. The van der Waals surface area contributed by atoms with Crippen LogP contribution in [0.5, 0.6) is 0 Å². The van der Waals surface area contributed by atoms with E-state index in [-0.39, 0.29) is 11.3 Å². The molecule has 1 aliphatic carbocycles. The Bertz CT molecular complexity index is 370. The molecule has 0 spiro atoms. The molecule has 0 fully saturated rings. The summed E-state index contributed by atoms with van der Waals surface area (Å²) < 4.78 is 0. The molecule has 1 rings (SSSR count). The van der Waals surface area contributed by atoms with Gasteiger partial charge in [-0.3, -0.25) is 0 Å². The number of rotatable bonds is 2. The fraction of sp³-hybridized carbons (Fsp3) is 0.400. The zero-order valence-electron chi connectivity index (χ0n) is 8.02. The summed E-state index contributed by atoms with van der Waals surface area (Å²) in [7, 11) is 0. The molecule has 72 valence electrons. The van der Waals surface area contributed by atoms with E-state index in [1.807, 2.05) is 19.9 Å². The fourth-order valence-electron chi connectivity index (χ4n) is 1.49. The van der Waals surface area contributed by atoms with Crippen molar-refractivity contribution in [2.24, 2.45) is 4.99 Å². The molecule has 14 heavy (non-hydrogen) atoms. The Morgan fingerprint density at radius 3 is 2.86 bits per heavy atom. The van der Waals surface area contributed by atoms with Gasteiger partial charge in [-0.2, -0.15) is 5.26 Å². The van der Waals surface area contributed by atoms with Crippen molar-refractivity contribution in [3.05, 3.63) is 23.3 Å². The van der Waals surface area contributed by atoms with Gasteiger partial charge in [0.25, 0.3) is 0 Å². The molecule has 0 amide bonds. The molecule has 2 unspecified atom stereocenters. The molecule has 0 aromatic rings. The Labute approximate surface area is 93.4 Å². The van der Waals surface area contributed by atoms with Crippen LogP contribution in [0.2, 0.25) is 0 Å². The number of hydrogen-bond donors (Lipinski definition) is 0. The molecule has 0 saturated carbocycles. The summed E-state index contributed by atoms with van der Waals surface area (Å²) in [5.41, 5.74) is 2.31. The molecular formula is C10H10N2S2. The molecule has 0 aromatic heterocycles. The maximum absolute atomic E-state index is 8.65. The van der Waals surface area contributed by atoms with Crippen molar-refractivity contribution in [1.82, 2.24) is 0 Å². The van der Waals surface area contributed by atoms with Crippen LogP contribution in [-0.4, -0.2) is 16.5 Å². The molecule has 0 aromatic carbocycles. The molecule has 0 bridgehead atoms. The normalized spacial score (nSPS) is 25.5. The minimum Gasteiger partial charge on any atom is -0.223 e. The van der Waals surface area contributed by atoms with Gasteiger partial charge < -0.3 is 0 Å². The zero-order valence-corrected chi connectivity index (χ0v) is 9.65. The summed E-state index contributed by atoms with van der Waals surface area (Å²) in [6.07, 6.45) is 4.11. The highest BCUT2D eigenvalue weighted by atomic mass is 32.2. The number of nitriles is 1. The molecule has 0 heterocycles. The predicted octanol–water partition coefficient (Wildman–Crippen LogP) is 2.95. The van der Waals surface area contributed by atoms with E-state index in [1.165, 1.54) is 17.3 Å². The maximum atomic E-state index is 8.65. The van der Waals surface area contributed by atoms with Crippen molar-refractivity contribution in [3.8, 4) is 5.40 Å². The van der Waals surface area contributed by atoms with Crippen LogP contribution in [-0.2, 0) is 0 Å². The second-order valence-corrected chi connectivity index (χ2v) is 4.28. The van der Waals surface area contributed by atoms with E-state index in [9.17, 15) is 0 Å². The van der Waals surface area contributed by atoms with E-state index in [4.69, 9.17) is 5.26 Å². The SMILES string of the molecule is CC1=CC(SC#N)C(N=C=S)C(C)=C1. The van der Waals surface area contributed by atoms with Gasteiger partial charge >= 0.3 is 0 Å². The largest absolute Gasteiger partial charge is 0.223 e. The number of hydrogen-bond acceptors (Lipinski definition) is 4. The van der Waals surface area contributed by atoms with Crippen LogP contribution in [0.25, 0.3) is 0 Å². The monoisotopic (exact) mass is 222 g/mol. The standard InChI is InChI=1S/C10H10N2S2/c1-7-3-8(2)10(12-6-13)9(4-7)14-5-11/h3-4,9-10H,1-2H3. The highest BCUT2D eigenvalue weighted by Gasteiger charge is 2.24. The average Bonchev–Trinajstić information content (AvgIpc) is 2.11. The third-order valence-corrected chi connectivity index (χ3v) is 2.92. The first kappa shape index (κ1) is 11.2. The van der Waals surface area contributed by atoms with Gasteiger partial charge in [-0.25, -0.2) is 4.99 Å². The van der Waals surface area contributed by atoms with Crippen molar-refractivity contribution >= 4 is 29.1 Å². The van der Waals surface area contributed by atoms with Crippen LogP contribution in [0.4, 0.5) is 0 Å². The lowest BCUT2D eigenvalue weighted by Gasteiger charge is -2.22. The Kier molecular flexibility index (Phi) is 4.09. The van der Waals surface area contributed by atoms with Crippen LogP contribution in [0, 0.1) is 10.7 Å². The molecular weight excluding hydrogens is 212 g/mol. The van der Waals surface area contributed by atoms with E-state index in [1.54, 1.807) is 0 Å². The minimum atomic E-state index is -0.0270. The lowest BCUT2D eigenvalue weighted by atomic mass is 9.96. The van der Waals surface area contributed by atoms with Crippen LogP contribution >= 0.6 is 24.0 Å². The summed E-state index contributed by atoms with van der Waals surface area (Å²) >= 11 is 5.81. The second kappa shape index (κ2) is 5.11. The Morgan fingerprint density at radius 2 is 2.29 bits per heavy atom. The lowest BCUT2D eigenvalue weighted by molar-refractivity contribution is 0.791. The van der Waals surface area contributed by atoms with Crippen LogP contribution < -0.4 is 0 Å². The van der Waals surface area contributed by atoms with Crippen molar-refractivity contribution in [1.29, 1.82) is 5.26 Å². The number of allylic oxidation sites excluding steroid dienone is 2. The maximum Gasteiger partial charge on any atom is 0.134 e. The van der Waals surface area contributed by atoms with Gasteiger partial charge in [-0.15, -0.1) is 0 Å². The first-order valence-electron chi connectivity index (χ1n) is 4.17. The number of isothiocyanates is 1. The summed E-state index contributed by atoms with van der Waals surface area (Å²) in [6, 6.07) is -0.0270. The van der Waals surface area contributed by atoms with Crippen LogP contribution in [0.3, 0.4) is 0 Å². The van der Waals surface area contributed by atoms with Gasteiger partial charge in [0.2, 0.25) is 0 Å². The molecule has 0 aliphatic heterocycles. The average molecular weight is 222 g/mol. The number of aliphatic imine (C=N–C) groups is 1. The quantitative estimate of drug-likeness (QED) is 0.409. The smallest absolute Gasteiger partial charge is 0.134 e. The highest BCUT2D eigenvalue weighted by molar-refractivity contribution is 8.04. The van der Waals surface area contributed by atoms with E-state index < -0.39 is 0 Å². The lowest BCUT2D eigenvalue weighted by Crippen LogP contribution is -2.23. The molecule has 0 radical (unpaired) electrons. The van der Waals surface area contributed by atoms with Crippen molar-refractivity contribution in [2.75, 3.05) is 0 Å². The van der Waals surface area contributed by atoms with Gasteiger partial charge in [0.05, 0.1) is 16.5 Å². The first-order chi connectivity index (χ1) is 6.69. The van der Waals surface area contributed by atoms with Gasteiger partial charge in [0.1, 0.15) is 5.40 Å². The second-order valence-electron chi connectivity index (χ2n) is 3.14. The van der Waals surface area contributed by atoms with Crippen LogP contribution in [0.15, 0.2) is 28.3 Å². The van der Waals surface area contributed by atoms with Gasteiger partial charge in [-0.1, -0.05) is 17.7 Å². The molecule has 2 nitrogen and oxygen atoms in total. The topological polar surface area (TPSA) is 36.1 Å². The Hall–Kier alpha value is -0.880. The van der Waals surface area contributed by atoms with Crippen molar-refractivity contribution in [3.63, 3.8) is 0 Å². The van der Waals surface area contributed by atoms with Gasteiger partial charge in [0, 0.05) is 0 Å². The van der Waals surface area contributed by atoms with Crippen LogP contribution in [0.1, 0.15) is 13.8 Å². The molecule has 1 aliphatic rings. The Morgan fingerprint density at radius 1 is 1.57 bits per heavy atom. The van der Waals surface area contributed by atoms with Crippen molar-refractivity contribution in [2.45, 2.75) is 25.1 Å². The van der Waals surface area contributed by atoms with E-state index in [0.29, 0.717) is 0 Å². The van der Waals surface area contributed by atoms with E-state index in [0.717, 1.165) is 5.57 Å². The summed E-state index contributed by atoms with van der Waals surface area (Å²) in [4.78, 5) is 4.08. The molecule has 0 N–H and O–H groups in total. The Balaban J connectivity index is 2.97. The first-order valence-corrected chi connectivity index (χ1v) is 5.46. The fourth-order valence-corrected chi connectivity index (χ4v) is 2.42. The van der Waals surface area contributed by atoms with Gasteiger partial charge in [0.15, 0.2) is 0 Å². The summed E-state index contributed by atoms with van der Waals surface area (Å²) in [5.74, 6) is 0. The van der Waals surface area contributed by atoms with Gasteiger partial charge in [-0.05, 0) is 43.4 Å². The number of thioether (sulfide) groups is 1. The van der Waals surface area contributed by atoms with Crippen molar-refractivity contribution < 1.29 is 0 Å². The summed E-state index contributed by atoms with van der Waals surface area (Å²) in [5, 5.41) is 13.2. The third-order valence-electron chi connectivity index (χ3n) is 2.04. The molecule has 2 atom stereocenters. The van der Waals surface area contributed by atoms with E-state index in [2.05, 4.69) is 33.8 Å². The zero-order chi connectivity index (χ0) is 10.6. The third kappa shape index (κ3) is 2.55. The summed E-state index contributed by atoms with van der Waals surface area (Å²) in [6.45, 7) is 4.02. The van der Waals surface area contributed by atoms with E-state index >= 15 is 0 Å². The molecule has 4 heteroatoms. The highest BCUT2D eigenvalue weighted by Crippen LogP contribution is 2.28. The predicted molar refractivity (Wildman–Crippen MR) is 63.3 cm³/mol. The minimum absolute atomic E-state index is 0.0270. The number of thiocyanates is 1. The number of thiocarbonyl (C=S) groups is 1. The number of nitrogens with zero attached hydrogens (tertiary/aromatic N) is 2.